The topological polar surface area (TPSA) is 38.4 Å². The molecule has 0 heterocycles. The first-order valence-electron chi connectivity index (χ1n) is 4.97. The smallest absolute Gasteiger partial charge is 0.0727 e. The van der Waals surface area contributed by atoms with Crippen molar-refractivity contribution in [1.82, 2.24) is 0 Å². The maximum atomic E-state index is 5.96. The molecule has 0 aliphatic rings. The Kier molecular flexibility index (Phi) is 2.42. The summed E-state index contributed by atoms with van der Waals surface area (Å²) in [5.74, 6) is 0. The second-order valence-electron chi connectivity index (χ2n) is 3.78. The number of nitrogen functional groups attached to an aromatic ring is 1. The highest BCUT2D eigenvalue weighted by atomic mass is 14.7. The molecule has 76 valence electrons. The van der Waals surface area contributed by atoms with Gasteiger partial charge in [0.1, 0.15) is 0 Å². The van der Waals surface area contributed by atoms with E-state index in [9.17, 15) is 0 Å². The number of rotatable bonds is 1. The normalized spacial score (nSPS) is 10.3. The SMILES string of the molecule is CC(C)=Nc1cccc2cccc(N)c12. The van der Waals surface area contributed by atoms with E-state index in [1.165, 1.54) is 0 Å². The third-order valence-electron chi connectivity index (χ3n) is 2.26. The third kappa shape index (κ3) is 1.84. The zero-order valence-corrected chi connectivity index (χ0v) is 8.99. The molecule has 15 heavy (non-hydrogen) atoms. The number of hydrogen-bond donors (Lipinski definition) is 1. The molecule has 0 unspecified atom stereocenters. The zero-order chi connectivity index (χ0) is 10.8. The van der Waals surface area contributed by atoms with Gasteiger partial charge >= 0.3 is 0 Å². The Bertz CT molecular complexity index is 518. The molecule has 2 heteroatoms. The van der Waals surface area contributed by atoms with E-state index in [0.29, 0.717) is 0 Å². The minimum atomic E-state index is 0.785. The highest BCUT2D eigenvalue weighted by molar-refractivity contribution is 6.02. The highest BCUT2D eigenvalue weighted by Crippen LogP contribution is 2.30. The van der Waals surface area contributed by atoms with E-state index in [1.54, 1.807) is 0 Å². The van der Waals surface area contributed by atoms with Gasteiger partial charge in [-0.25, -0.2) is 0 Å². The largest absolute Gasteiger partial charge is 0.398 e. The first-order valence-corrected chi connectivity index (χ1v) is 4.97. The second kappa shape index (κ2) is 3.73. The van der Waals surface area contributed by atoms with E-state index in [-0.39, 0.29) is 0 Å². The number of anilines is 1. The van der Waals surface area contributed by atoms with Gasteiger partial charge in [-0.2, -0.15) is 0 Å². The van der Waals surface area contributed by atoms with E-state index in [1.807, 2.05) is 38.1 Å². The van der Waals surface area contributed by atoms with Crippen molar-refractivity contribution in [3.05, 3.63) is 36.4 Å². The molecule has 0 radical (unpaired) electrons. The fraction of sp³-hybridized carbons (Fsp3) is 0.154. The lowest BCUT2D eigenvalue weighted by molar-refractivity contribution is 1.50. The van der Waals surface area contributed by atoms with E-state index < -0.39 is 0 Å². The predicted molar refractivity (Wildman–Crippen MR) is 66.8 cm³/mol. The van der Waals surface area contributed by atoms with Crippen LogP contribution in [0.3, 0.4) is 0 Å². The van der Waals surface area contributed by atoms with Gasteiger partial charge in [-0.15, -0.1) is 0 Å². The molecule has 2 aromatic carbocycles. The van der Waals surface area contributed by atoms with Crippen LogP contribution >= 0.6 is 0 Å². The van der Waals surface area contributed by atoms with Gasteiger partial charge in [0.25, 0.3) is 0 Å². The van der Waals surface area contributed by atoms with Gasteiger partial charge in [0.15, 0.2) is 0 Å². The Labute approximate surface area is 89.4 Å². The van der Waals surface area contributed by atoms with Crippen molar-refractivity contribution in [1.29, 1.82) is 0 Å². The van der Waals surface area contributed by atoms with Gasteiger partial charge in [0.2, 0.25) is 0 Å². The van der Waals surface area contributed by atoms with E-state index in [0.717, 1.165) is 27.9 Å². The molecule has 2 rings (SSSR count). The molecule has 0 fully saturated rings. The predicted octanol–water partition coefficient (Wildman–Crippen LogP) is 3.53. The van der Waals surface area contributed by atoms with Crippen LogP contribution in [-0.2, 0) is 0 Å². The molecule has 0 saturated heterocycles. The summed E-state index contributed by atoms with van der Waals surface area (Å²) in [5.41, 5.74) is 8.73. The second-order valence-corrected chi connectivity index (χ2v) is 3.78. The van der Waals surface area contributed by atoms with Gasteiger partial charge in [0.05, 0.1) is 5.69 Å². The number of aliphatic imine (C=N–C) groups is 1. The molecule has 0 bridgehead atoms. The van der Waals surface area contributed by atoms with E-state index in [4.69, 9.17) is 5.73 Å². The lowest BCUT2D eigenvalue weighted by Gasteiger charge is -2.05. The minimum Gasteiger partial charge on any atom is -0.398 e. The van der Waals surface area contributed by atoms with E-state index >= 15 is 0 Å². The zero-order valence-electron chi connectivity index (χ0n) is 8.99. The number of benzene rings is 2. The van der Waals surface area contributed by atoms with Crippen molar-refractivity contribution in [2.75, 3.05) is 5.73 Å². The molecule has 2 aromatic rings. The standard InChI is InChI=1S/C13H14N2/c1-9(2)15-12-8-4-6-10-5-3-7-11(14)13(10)12/h3-8H,14H2,1-2H3. The van der Waals surface area contributed by atoms with Gasteiger partial charge < -0.3 is 5.73 Å². The van der Waals surface area contributed by atoms with Crippen LogP contribution < -0.4 is 5.73 Å². The molecule has 0 aliphatic heterocycles. The van der Waals surface area contributed by atoms with Crippen LogP contribution in [0.1, 0.15) is 13.8 Å². The number of nitrogens with zero attached hydrogens (tertiary/aromatic N) is 1. The fourth-order valence-electron chi connectivity index (χ4n) is 1.68. The Morgan fingerprint density at radius 2 is 1.73 bits per heavy atom. The van der Waals surface area contributed by atoms with Crippen LogP contribution in [0.4, 0.5) is 11.4 Å². The fourth-order valence-corrected chi connectivity index (χ4v) is 1.68. The summed E-state index contributed by atoms with van der Waals surface area (Å²) < 4.78 is 0. The van der Waals surface area contributed by atoms with Crippen molar-refractivity contribution in [2.45, 2.75) is 13.8 Å². The van der Waals surface area contributed by atoms with Crippen LogP contribution in [0, 0.1) is 0 Å². The summed E-state index contributed by atoms with van der Waals surface area (Å²) in [6, 6.07) is 12.0. The summed E-state index contributed by atoms with van der Waals surface area (Å²) >= 11 is 0. The highest BCUT2D eigenvalue weighted by Gasteiger charge is 2.02. The quantitative estimate of drug-likeness (QED) is 0.552. The summed E-state index contributed by atoms with van der Waals surface area (Å²) in [7, 11) is 0. The lowest BCUT2D eigenvalue weighted by Crippen LogP contribution is -1.87. The summed E-state index contributed by atoms with van der Waals surface area (Å²) in [6.45, 7) is 3.97. The molecule has 0 spiro atoms. The van der Waals surface area contributed by atoms with Crippen molar-refractivity contribution >= 4 is 27.9 Å². The molecular formula is C13H14N2. The molecule has 0 aromatic heterocycles. The first-order chi connectivity index (χ1) is 7.18. The average Bonchev–Trinajstić information content (AvgIpc) is 2.17. The Hall–Kier alpha value is -1.83. The van der Waals surface area contributed by atoms with Crippen molar-refractivity contribution in [3.63, 3.8) is 0 Å². The summed E-state index contributed by atoms with van der Waals surface area (Å²) in [5, 5.41) is 2.18. The average molecular weight is 198 g/mol. The molecule has 0 atom stereocenters. The molecule has 2 N–H and O–H groups in total. The monoisotopic (exact) mass is 198 g/mol. The van der Waals surface area contributed by atoms with Crippen LogP contribution in [0.15, 0.2) is 41.4 Å². The number of hydrogen-bond acceptors (Lipinski definition) is 2. The third-order valence-corrected chi connectivity index (χ3v) is 2.26. The molecule has 0 aliphatic carbocycles. The summed E-state index contributed by atoms with van der Waals surface area (Å²) in [4.78, 5) is 4.49. The van der Waals surface area contributed by atoms with Crippen LogP contribution in [-0.4, -0.2) is 5.71 Å². The molecule has 0 saturated carbocycles. The minimum absolute atomic E-state index is 0.785. The van der Waals surface area contributed by atoms with Gasteiger partial charge in [-0.3, -0.25) is 4.99 Å². The van der Waals surface area contributed by atoms with Crippen molar-refractivity contribution in [2.24, 2.45) is 4.99 Å². The number of nitrogens with two attached hydrogens (primary N) is 1. The van der Waals surface area contributed by atoms with Crippen molar-refractivity contribution < 1.29 is 0 Å². The molecule has 0 amide bonds. The van der Waals surface area contributed by atoms with E-state index in [2.05, 4.69) is 17.1 Å². The Morgan fingerprint density at radius 1 is 1.07 bits per heavy atom. The van der Waals surface area contributed by atoms with Gasteiger partial charge in [-0.05, 0) is 31.4 Å². The maximum Gasteiger partial charge on any atom is 0.0727 e. The Morgan fingerprint density at radius 3 is 2.40 bits per heavy atom. The van der Waals surface area contributed by atoms with Gasteiger partial charge in [-0.1, -0.05) is 24.3 Å². The summed E-state index contributed by atoms with van der Waals surface area (Å²) in [6.07, 6.45) is 0. The van der Waals surface area contributed by atoms with Crippen LogP contribution in [0.2, 0.25) is 0 Å². The lowest BCUT2D eigenvalue weighted by atomic mass is 10.1. The maximum absolute atomic E-state index is 5.96. The molecular weight excluding hydrogens is 184 g/mol. The molecule has 2 nitrogen and oxygen atoms in total. The Balaban J connectivity index is 2.80. The van der Waals surface area contributed by atoms with Crippen LogP contribution in [0.5, 0.6) is 0 Å². The van der Waals surface area contributed by atoms with Crippen molar-refractivity contribution in [3.8, 4) is 0 Å². The first kappa shape index (κ1) is 9.71. The number of fused-ring (bicyclic) bond motifs is 1. The van der Waals surface area contributed by atoms with Crippen LogP contribution in [0.25, 0.3) is 10.8 Å². The van der Waals surface area contributed by atoms with Gasteiger partial charge in [0, 0.05) is 16.8 Å².